The summed E-state index contributed by atoms with van der Waals surface area (Å²) in [7, 11) is 0. The molecule has 0 bridgehead atoms. The third-order valence-electron chi connectivity index (χ3n) is 0. The fourth-order valence-electron chi connectivity index (χ4n) is 0. The van der Waals surface area contributed by atoms with E-state index >= 15 is 0 Å². The zero-order valence-electron chi connectivity index (χ0n) is 2.31. The van der Waals surface area contributed by atoms with Gasteiger partial charge in [-0.3, -0.25) is 0 Å². The van der Waals surface area contributed by atoms with E-state index in [0.717, 1.165) is 0 Å². The minimum Gasteiger partial charge on any atom is -0.405 e. The molecule has 0 saturated carbocycles. The van der Waals surface area contributed by atoms with Gasteiger partial charge in [0.2, 0.25) is 14.8 Å². The van der Waals surface area contributed by atoms with Gasteiger partial charge in [0.15, 0.2) is 0 Å². The van der Waals surface area contributed by atoms with Gasteiger partial charge in [-0.15, -0.1) is 0 Å². The first-order valence-electron chi connectivity index (χ1n) is 0.463. The van der Waals surface area contributed by atoms with Gasteiger partial charge in [0, 0.05) is 45.5 Å². The Hall–Kier alpha value is 1.84. The first-order chi connectivity index (χ1) is 1.73. The summed E-state index contributed by atoms with van der Waals surface area (Å²) in [6, 6.07) is 0. The van der Waals surface area contributed by atoms with E-state index in [-0.39, 0.29) is 45.5 Å². The minimum atomic E-state index is -3.65. The third kappa shape index (κ3) is 25.4. The van der Waals surface area contributed by atoms with Crippen molar-refractivity contribution in [2.75, 3.05) is 0 Å². The van der Waals surface area contributed by atoms with Crippen LogP contribution in [0.2, 0.25) is 0 Å². The number of hydrogen-bond donors (Lipinski definition) is 0. The van der Waals surface area contributed by atoms with Gasteiger partial charge < -0.3 is 12.6 Å². The van der Waals surface area contributed by atoms with Gasteiger partial charge >= 0.3 is 0 Å². The Balaban J connectivity index is 0. The maximum absolute atomic E-state index is 8.52. The minimum absolute atomic E-state index is 0. The summed E-state index contributed by atoms with van der Waals surface area (Å²) in [4.78, 5) is 0. The molecule has 0 aromatic rings. The van der Waals surface area contributed by atoms with Crippen LogP contribution in [0.15, 0.2) is 0 Å². The van der Waals surface area contributed by atoms with E-state index in [1.807, 2.05) is 0 Å². The van der Waals surface area contributed by atoms with Crippen molar-refractivity contribution in [3.63, 3.8) is 0 Å². The summed E-state index contributed by atoms with van der Waals surface area (Å²) in [5.41, 5.74) is 0. The van der Waals surface area contributed by atoms with E-state index in [1.54, 1.807) is 0 Å². The molecule has 0 aliphatic carbocycles. The average molecular weight is 216 g/mol. The second kappa shape index (κ2) is 5.84. The van der Waals surface area contributed by atoms with Crippen molar-refractivity contribution < 1.29 is 27.4 Å². The number of hydrogen-bond acceptors (Lipinski definition) is 3. The molecule has 0 atom stereocenters. The van der Waals surface area contributed by atoms with Crippen LogP contribution in [-0.4, -0.2) is 45.5 Å². The molecular weight excluding hydrogens is 216 g/mol. The van der Waals surface area contributed by atoms with Crippen LogP contribution in [-0.2, 0) is 0 Å². The molecule has 0 rings (SSSR count). The Labute approximate surface area is 71.7 Å². The predicted octanol–water partition coefficient (Wildman–Crippen LogP) is -3.95. The Kier molecular flexibility index (Phi) is 11.6. The molecule has 0 heterocycles. The second-order valence-electron chi connectivity index (χ2n) is 0.189. The second-order valence-corrected chi connectivity index (χ2v) is 0.982. The van der Waals surface area contributed by atoms with Crippen LogP contribution in [0.3, 0.4) is 0 Å². The molecule has 0 aliphatic rings. The quantitative estimate of drug-likeness (QED) is 0.388. The molecule has 0 fully saturated rings. The molecule has 0 aliphatic heterocycles. The van der Waals surface area contributed by atoms with Crippen LogP contribution in [0.1, 0.15) is 0 Å². The molecule has 0 unspecified atom stereocenters. The van der Waals surface area contributed by atoms with Gasteiger partial charge in [-0.2, -0.15) is 0 Å². The van der Waals surface area contributed by atoms with Crippen LogP contribution in [0.5, 0.6) is 0 Å². The van der Waals surface area contributed by atoms with Crippen LogP contribution in [0.4, 0.5) is 0 Å². The Morgan fingerprint density at radius 2 is 1.00 bits per heavy atom. The molecule has 0 amide bonds. The zero-order chi connectivity index (χ0) is 3.58. The number of halogens is 1. The maximum atomic E-state index is 8.52. The molecule has 0 saturated heterocycles. The van der Waals surface area contributed by atoms with Gasteiger partial charge in [-0.05, 0) is 0 Å². The molecule has 0 aromatic carbocycles. The summed E-state index contributed by atoms with van der Waals surface area (Å²) in [5, 5.41) is 0. The van der Waals surface area contributed by atoms with Crippen LogP contribution < -0.4 is 12.6 Å². The monoisotopic (exact) mass is 215 g/mol. The third-order valence-corrected chi connectivity index (χ3v) is 0. The van der Waals surface area contributed by atoms with Gasteiger partial charge in [0.05, 0.1) is 0 Å². The van der Waals surface area contributed by atoms with Crippen molar-refractivity contribution in [3.8, 4) is 0 Å². The Morgan fingerprint density at radius 1 is 1.00 bits per heavy atom. The van der Waals surface area contributed by atoms with Gasteiger partial charge in [-0.25, -0.2) is 0 Å². The van der Waals surface area contributed by atoms with E-state index in [2.05, 4.69) is 0 Å². The summed E-state index contributed by atoms with van der Waals surface area (Å²) in [6.45, 7) is 0. The summed E-state index contributed by atoms with van der Waals surface area (Å²) in [6.07, 6.45) is 0. The average Bonchev–Trinajstić information content (AvgIpc) is 0.811. The summed E-state index contributed by atoms with van der Waals surface area (Å²) in [5.74, 6) is 0. The van der Waals surface area contributed by atoms with Crippen LogP contribution in [0, 0.1) is 14.8 Å². The molecule has 28 valence electrons. The standard InChI is InChI=1S/BrO3.Sr/c2-1(3)4;/q-1;. The predicted molar refractivity (Wildman–Crippen MR) is 5.75 cm³/mol. The molecule has 5 heteroatoms. The maximum Gasteiger partial charge on any atom is 0.216 e. The first-order valence-corrected chi connectivity index (χ1v) is 2.41. The van der Waals surface area contributed by atoms with E-state index in [9.17, 15) is 0 Å². The Morgan fingerprint density at radius 3 is 1.00 bits per heavy atom. The van der Waals surface area contributed by atoms with Gasteiger partial charge in [-0.1, -0.05) is 0 Å². The fourth-order valence-corrected chi connectivity index (χ4v) is 0. The van der Waals surface area contributed by atoms with E-state index in [0.29, 0.717) is 0 Å². The molecule has 0 spiro atoms. The van der Waals surface area contributed by atoms with Crippen molar-refractivity contribution in [3.05, 3.63) is 0 Å². The molecule has 5 heavy (non-hydrogen) atoms. The summed E-state index contributed by atoms with van der Waals surface area (Å²) < 4.78 is 25.6. The fraction of sp³-hybridized carbons (Fsp3) is 0. The van der Waals surface area contributed by atoms with Gasteiger partial charge in [0.25, 0.3) is 0 Å². The molecule has 2 radical (unpaired) electrons. The normalized spacial score (nSPS) is 7.20. The summed E-state index contributed by atoms with van der Waals surface area (Å²) >= 11 is -3.65. The SMILES string of the molecule is [O-][Br+2]([O-])[O-].[Sr]. The van der Waals surface area contributed by atoms with Crippen LogP contribution >= 0.6 is 0 Å². The molecule has 3 nitrogen and oxygen atoms in total. The van der Waals surface area contributed by atoms with Gasteiger partial charge in [0.1, 0.15) is 0 Å². The van der Waals surface area contributed by atoms with E-state index < -0.39 is 14.8 Å². The zero-order valence-corrected chi connectivity index (χ0v) is 7.37. The van der Waals surface area contributed by atoms with Crippen molar-refractivity contribution in [2.45, 2.75) is 0 Å². The van der Waals surface area contributed by atoms with Crippen molar-refractivity contribution in [2.24, 2.45) is 0 Å². The topological polar surface area (TPSA) is 69.2 Å². The van der Waals surface area contributed by atoms with Crippen molar-refractivity contribution in [1.29, 1.82) is 0 Å². The molecular formula is BrO3Sr-. The smallest absolute Gasteiger partial charge is 0.216 e. The van der Waals surface area contributed by atoms with Crippen molar-refractivity contribution in [1.82, 2.24) is 0 Å². The first kappa shape index (κ1) is 9.96. The molecule has 0 aromatic heterocycles. The van der Waals surface area contributed by atoms with E-state index in [4.69, 9.17) is 12.6 Å². The number of rotatable bonds is 0. The largest absolute Gasteiger partial charge is 0.405 e. The Bertz CT molecular complexity index is 11.6. The molecule has 0 N–H and O–H groups in total. The van der Waals surface area contributed by atoms with Crippen molar-refractivity contribution >= 4 is 45.5 Å². The van der Waals surface area contributed by atoms with Crippen LogP contribution in [0.25, 0.3) is 0 Å². The van der Waals surface area contributed by atoms with E-state index in [1.165, 1.54) is 0 Å².